The van der Waals surface area contributed by atoms with E-state index in [2.05, 4.69) is 21.2 Å². The highest BCUT2D eigenvalue weighted by Crippen LogP contribution is 2.37. The summed E-state index contributed by atoms with van der Waals surface area (Å²) in [5.74, 6) is -1.32. The molecule has 0 unspecified atom stereocenters. The maximum atomic E-state index is 14.4. The summed E-state index contributed by atoms with van der Waals surface area (Å²) < 4.78 is 70.7. The number of nitrogens with one attached hydrogen (secondary N) is 1. The number of hydrogen-bond donors (Lipinski definition) is 1. The number of anilines is 1. The van der Waals surface area contributed by atoms with Crippen LogP contribution in [0.15, 0.2) is 112 Å². The number of carbonyl (C=O) groups is 2. The molecule has 4 aromatic carbocycles. The van der Waals surface area contributed by atoms with Crippen molar-refractivity contribution in [2.24, 2.45) is 0 Å². The Labute approximate surface area is 279 Å². The van der Waals surface area contributed by atoms with Crippen molar-refractivity contribution in [3.05, 3.63) is 129 Å². The van der Waals surface area contributed by atoms with Crippen molar-refractivity contribution in [2.45, 2.75) is 37.0 Å². The molecule has 0 aliphatic heterocycles. The Bertz CT molecular complexity index is 1780. The van der Waals surface area contributed by atoms with Gasteiger partial charge < -0.3 is 10.2 Å². The van der Waals surface area contributed by atoms with E-state index in [-0.39, 0.29) is 29.4 Å². The third-order valence-electron chi connectivity index (χ3n) is 7.02. The summed E-state index contributed by atoms with van der Waals surface area (Å²) in [4.78, 5) is 28.9. The van der Waals surface area contributed by atoms with E-state index in [4.69, 9.17) is 11.6 Å². The number of hydrogen-bond acceptors (Lipinski definition) is 4. The normalized spacial score (nSPS) is 12.3. The number of likely N-dealkylation sites (N-methyl/N-ethyl adjacent to an activating group) is 1. The summed E-state index contributed by atoms with van der Waals surface area (Å²) >= 11 is 9.75. The van der Waals surface area contributed by atoms with E-state index in [1.54, 1.807) is 67.6 Å². The summed E-state index contributed by atoms with van der Waals surface area (Å²) in [5, 5.41) is 2.44. The lowest BCUT2D eigenvalue weighted by atomic mass is 10.0. The number of nitrogens with zero attached hydrogens (tertiary/aromatic N) is 2. The minimum Gasteiger partial charge on any atom is -0.355 e. The molecule has 1 N–H and O–H groups in total. The zero-order valence-corrected chi connectivity index (χ0v) is 27.7. The molecular formula is C33H30BrClF3N3O4S. The quantitative estimate of drug-likeness (QED) is 0.168. The van der Waals surface area contributed by atoms with Crippen molar-refractivity contribution in [3.63, 3.8) is 0 Å². The van der Waals surface area contributed by atoms with E-state index < -0.39 is 51.9 Å². The van der Waals surface area contributed by atoms with Crippen LogP contribution in [0.2, 0.25) is 5.02 Å². The Hall–Kier alpha value is -3.87. The number of carbonyl (C=O) groups excluding carboxylic acids is 2. The maximum Gasteiger partial charge on any atom is 0.416 e. The average Bonchev–Trinajstić information content (AvgIpc) is 3.02. The molecule has 0 fully saturated rings. The fraction of sp³-hybridized carbons (Fsp3) is 0.212. The maximum absolute atomic E-state index is 14.4. The van der Waals surface area contributed by atoms with Gasteiger partial charge in [0.25, 0.3) is 10.0 Å². The molecule has 46 heavy (non-hydrogen) atoms. The molecule has 0 spiro atoms. The highest BCUT2D eigenvalue weighted by atomic mass is 79.9. The SMILES string of the molecule is CCNC(=O)[C@@H](Cc1ccccc1)N(Cc1cccc(Br)c1)C(=O)CN(c1cc(C(F)(F)F)ccc1Cl)S(=O)(=O)c1ccccc1. The standard InChI is InChI=1S/C33H30BrClF3N3O4S/c1-2-39-32(43)30(19-23-10-5-3-6-11-23)40(21-24-12-9-13-26(34)18-24)31(42)22-41(46(44,45)27-14-7-4-8-15-27)29-20-25(33(36,37)38)16-17-28(29)35/h3-18,20,30H,2,19,21-22H2,1H3,(H,39,43)/t30-/m1/s1. The van der Waals surface area contributed by atoms with Gasteiger partial charge in [-0.25, -0.2) is 8.42 Å². The van der Waals surface area contributed by atoms with Crippen LogP contribution in [0.5, 0.6) is 0 Å². The number of benzene rings is 4. The van der Waals surface area contributed by atoms with Crippen LogP contribution in [-0.2, 0) is 38.8 Å². The van der Waals surface area contributed by atoms with Gasteiger partial charge in [0.15, 0.2) is 0 Å². The molecule has 0 aliphatic carbocycles. The first-order valence-electron chi connectivity index (χ1n) is 14.1. The number of amides is 2. The molecule has 0 saturated heterocycles. The van der Waals surface area contributed by atoms with Crippen molar-refractivity contribution in [2.75, 3.05) is 17.4 Å². The molecule has 0 aromatic heterocycles. The second kappa shape index (κ2) is 15.1. The second-order valence-electron chi connectivity index (χ2n) is 10.2. The first-order chi connectivity index (χ1) is 21.8. The van der Waals surface area contributed by atoms with E-state index in [9.17, 15) is 31.2 Å². The Balaban J connectivity index is 1.86. The molecule has 2 amide bonds. The van der Waals surface area contributed by atoms with Crippen LogP contribution in [-0.4, -0.2) is 44.3 Å². The highest BCUT2D eigenvalue weighted by Gasteiger charge is 2.37. The molecule has 4 aromatic rings. The summed E-state index contributed by atoms with van der Waals surface area (Å²) in [7, 11) is -4.64. The zero-order valence-electron chi connectivity index (χ0n) is 24.5. The first kappa shape index (κ1) is 35.0. The summed E-state index contributed by atoms with van der Waals surface area (Å²) in [6.45, 7) is 0.929. The Kier molecular flexibility index (Phi) is 11.5. The van der Waals surface area contributed by atoms with Crippen molar-refractivity contribution >= 4 is 55.1 Å². The van der Waals surface area contributed by atoms with E-state index in [0.717, 1.165) is 17.7 Å². The highest BCUT2D eigenvalue weighted by molar-refractivity contribution is 9.10. The Morgan fingerprint density at radius 3 is 2.13 bits per heavy atom. The van der Waals surface area contributed by atoms with Crippen molar-refractivity contribution in [1.29, 1.82) is 0 Å². The molecule has 242 valence electrons. The molecule has 0 radical (unpaired) electrons. The van der Waals surface area contributed by atoms with Gasteiger partial charge in [-0.15, -0.1) is 0 Å². The summed E-state index contributed by atoms with van der Waals surface area (Å²) in [5.41, 5.74) is -0.322. The smallest absolute Gasteiger partial charge is 0.355 e. The molecule has 7 nitrogen and oxygen atoms in total. The van der Waals surface area contributed by atoms with E-state index in [1.807, 2.05) is 0 Å². The number of alkyl halides is 3. The number of sulfonamides is 1. The summed E-state index contributed by atoms with van der Waals surface area (Å²) in [6, 6.07) is 24.1. The Morgan fingerprint density at radius 1 is 0.891 bits per heavy atom. The molecule has 13 heteroatoms. The lowest BCUT2D eigenvalue weighted by molar-refractivity contribution is -0.140. The second-order valence-corrected chi connectivity index (χ2v) is 13.4. The van der Waals surface area contributed by atoms with Crippen molar-refractivity contribution in [1.82, 2.24) is 10.2 Å². The number of halogens is 5. The van der Waals surface area contributed by atoms with Crippen LogP contribution in [0.3, 0.4) is 0 Å². The monoisotopic (exact) mass is 735 g/mol. The largest absolute Gasteiger partial charge is 0.416 e. The fourth-order valence-electron chi connectivity index (χ4n) is 4.79. The van der Waals surface area contributed by atoms with E-state index in [1.165, 1.54) is 29.2 Å². The number of rotatable bonds is 12. The zero-order chi connectivity index (χ0) is 33.5. The summed E-state index contributed by atoms with van der Waals surface area (Å²) in [6.07, 6.45) is -4.74. The third-order valence-corrected chi connectivity index (χ3v) is 9.60. The minimum absolute atomic E-state index is 0.0855. The van der Waals surface area contributed by atoms with Gasteiger partial charge in [0, 0.05) is 24.0 Å². The topological polar surface area (TPSA) is 86.8 Å². The van der Waals surface area contributed by atoms with E-state index >= 15 is 0 Å². The molecule has 0 bridgehead atoms. The Morgan fingerprint density at radius 2 is 1.52 bits per heavy atom. The van der Waals surface area contributed by atoms with Crippen molar-refractivity contribution in [3.8, 4) is 0 Å². The molecule has 4 rings (SSSR count). The van der Waals surface area contributed by atoms with Crippen molar-refractivity contribution < 1.29 is 31.2 Å². The first-order valence-corrected chi connectivity index (χ1v) is 16.7. The predicted molar refractivity (Wildman–Crippen MR) is 175 cm³/mol. The van der Waals surface area contributed by atoms with Crippen LogP contribution in [0, 0.1) is 0 Å². The predicted octanol–water partition coefficient (Wildman–Crippen LogP) is 7.09. The molecule has 0 aliphatic rings. The van der Waals surface area contributed by atoms with Crippen LogP contribution >= 0.6 is 27.5 Å². The van der Waals surface area contributed by atoms with Crippen LogP contribution < -0.4 is 9.62 Å². The third kappa shape index (κ3) is 8.68. The average molecular weight is 737 g/mol. The molecule has 0 heterocycles. The fourth-order valence-corrected chi connectivity index (χ4v) is 6.95. The van der Waals surface area contributed by atoms with Crippen LogP contribution in [0.4, 0.5) is 18.9 Å². The van der Waals surface area contributed by atoms with Crippen LogP contribution in [0.25, 0.3) is 0 Å². The van der Waals surface area contributed by atoms with Gasteiger partial charge in [-0.2, -0.15) is 13.2 Å². The molecular weight excluding hydrogens is 707 g/mol. The van der Waals surface area contributed by atoms with Crippen LogP contribution in [0.1, 0.15) is 23.6 Å². The van der Waals surface area contributed by atoms with Gasteiger partial charge in [-0.3, -0.25) is 13.9 Å². The van der Waals surface area contributed by atoms with Gasteiger partial charge in [0.1, 0.15) is 12.6 Å². The minimum atomic E-state index is -4.82. The lowest BCUT2D eigenvalue weighted by Gasteiger charge is -2.34. The van der Waals surface area contributed by atoms with E-state index in [0.29, 0.717) is 20.4 Å². The van der Waals surface area contributed by atoms with Gasteiger partial charge in [0.2, 0.25) is 11.8 Å². The van der Waals surface area contributed by atoms with Gasteiger partial charge >= 0.3 is 6.18 Å². The van der Waals surface area contributed by atoms with Gasteiger partial charge in [-0.1, -0.05) is 88.2 Å². The molecule has 0 saturated carbocycles. The lowest BCUT2D eigenvalue weighted by Crippen LogP contribution is -2.53. The molecule has 1 atom stereocenters. The van der Waals surface area contributed by atoms with Gasteiger partial charge in [-0.05, 0) is 60.5 Å². The van der Waals surface area contributed by atoms with Gasteiger partial charge in [0.05, 0.1) is 21.2 Å².